The normalized spacial score (nSPS) is 9.44. The molecule has 1 rings (SSSR count). The number of halogens is 1. The lowest BCUT2D eigenvalue weighted by atomic mass is 10.5. The van der Waals surface area contributed by atoms with Gasteiger partial charge in [-0.15, -0.1) is 0 Å². The lowest BCUT2D eigenvalue weighted by Crippen LogP contribution is -2.00. The number of aromatic nitrogens is 1. The van der Waals surface area contributed by atoms with Gasteiger partial charge in [-0.1, -0.05) is 0 Å². The van der Waals surface area contributed by atoms with E-state index in [4.69, 9.17) is 0 Å². The molecule has 0 spiro atoms. The van der Waals surface area contributed by atoms with Crippen LogP contribution in [0.2, 0.25) is 0 Å². The van der Waals surface area contributed by atoms with Gasteiger partial charge in [0.15, 0.2) is 12.2 Å². The van der Waals surface area contributed by atoms with Gasteiger partial charge in [0.05, 0.1) is 0 Å². The van der Waals surface area contributed by atoms with Crippen molar-refractivity contribution in [3.8, 4) is 0 Å². The van der Waals surface area contributed by atoms with Crippen LogP contribution in [-0.2, 0) is 6.80 Å². The summed E-state index contributed by atoms with van der Waals surface area (Å²) in [4.78, 5) is 10.4. The Morgan fingerprint density at radius 1 is 1.44 bits per heavy atom. The van der Waals surface area contributed by atoms with Gasteiger partial charge in [-0.05, 0) is 0 Å². The number of hydrogen-bond donors (Lipinski definition) is 0. The average Bonchev–Trinajstić information content (AvgIpc) is 1.90. The van der Waals surface area contributed by atoms with Crippen LogP contribution in [0, 0.1) is 0 Å². The summed E-state index contributed by atoms with van der Waals surface area (Å²) in [5, 5.41) is 0. The summed E-state index contributed by atoms with van der Waals surface area (Å²) >= 11 is 0. The van der Waals surface area contributed by atoms with Crippen LogP contribution >= 0.6 is 0 Å². The predicted molar refractivity (Wildman–Crippen MR) is 31.8 cm³/mol. The summed E-state index contributed by atoms with van der Waals surface area (Å²) in [5.74, 6) is 0. The van der Waals surface area contributed by atoms with Crippen molar-refractivity contribution in [1.82, 2.24) is 4.57 Å². The van der Waals surface area contributed by atoms with Crippen LogP contribution in [0.3, 0.4) is 0 Å². The molecule has 1 heterocycles. The van der Waals surface area contributed by atoms with Gasteiger partial charge in [0.1, 0.15) is 0 Å². The van der Waals surface area contributed by atoms with E-state index in [1.54, 1.807) is 0 Å². The first-order valence-electron chi connectivity index (χ1n) is 2.55. The molecule has 0 unspecified atom stereocenters. The summed E-state index contributed by atoms with van der Waals surface area (Å²) < 4.78 is 13.0. The maximum atomic E-state index is 11.7. The molecule has 0 aromatic carbocycles. The van der Waals surface area contributed by atoms with Crippen LogP contribution in [0.1, 0.15) is 0 Å². The zero-order valence-corrected chi connectivity index (χ0v) is 4.75. The van der Waals surface area contributed by atoms with E-state index in [0.717, 1.165) is 0 Å². The summed E-state index contributed by atoms with van der Waals surface area (Å²) in [5.41, 5.74) is -0.0975. The maximum Gasteiger partial charge on any atom is 0.181 e. The third kappa shape index (κ3) is 1.38. The zero-order chi connectivity index (χ0) is 6.69. The Labute approximate surface area is 51.6 Å². The van der Waals surface area contributed by atoms with Crippen LogP contribution in [0.5, 0.6) is 0 Å². The van der Waals surface area contributed by atoms with Crippen molar-refractivity contribution in [2.45, 2.75) is 6.80 Å². The second kappa shape index (κ2) is 2.44. The molecule has 0 aliphatic heterocycles. The first kappa shape index (κ1) is 6.01. The fourth-order valence-electron chi connectivity index (χ4n) is 0.523. The molecule has 0 saturated carbocycles. The topological polar surface area (TPSA) is 22.0 Å². The van der Waals surface area contributed by atoms with Crippen molar-refractivity contribution in [2.24, 2.45) is 0 Å². The average molecular weight is 127 g/mol. The molecule has 0 saturated heterocycles. The Morgan fingerprint density at radius 3 is 2.44 bits per heavy atom. The smallest absolute Gasteiger partial charge is 0.181 e. The molecule has 0 radical (unpaired) electrons. The predicted octanol–water partition coefficient (Wildman–Crippen LogP) is 0.775. The molecule has 3 heteroatoms. The third-order valence-electron chi connectivity index (χ3n) is 0.999. The lowest BCUT2D eigenvalue weighted by molar-refractivity contribution is 0.375. The molecule has 0 bridgehead atoms. The highest BCUT2D eigenvalue weighted by atomic mass is 19.1. The molecular weight excluding hydrogens is 121 g/mol. The highest BCUT2D eigenvalue weighted by Gasteiger charge is 1.82. The van der Waals surface area contributed by atoms with Gasteiger partial charge in [0, 0.05) is 24.5 Å². The van der Waals surface area contributed by atoms with Crippen molar-refractivity contribution in [3.05, 3.63) is 34.7 Å². The minimum atomic E-state index is -0.583. The number of rotatable bonds is 1. The molecule has 0 amide bonds. The fraction of sp³-hybridized carbons (Fsp3) is 0.167. The van der Waals surface area contributed by atoms with E-state index in [1.165, 1.54) is 29.1 Å². The van der Waals surface area contributed by atoms with Crippen molar-refractivity contribution >= 4 is 0 Å². The van der Waals surface area contributed by atoms with E-state index < -0.39 is 6.80 Å². The van der Waals surface area contributed by atoms with Crippen LogP contribution in [-0.4, -0.2) is 4.57 Å². The van der Waals surface area contributed by atoms with Gasteiger partial charge in [0.25, 0.3) is 0 Å². The van der Waals surface area contributed by atoms with Gasteiger partial charge in [-0.25, -0.2) is 4.39 Å². The van der Waals surface area contributed by atoms with E-state index in [-0.39, 0.29) is 5.43 Å². The van der Waals surface area contributed by atoms with Crippen molar-refractivity contribution in [1.29, 1.82) is 0 Å². The summed E-state index contributed by atoms with van der Waals surface area (Å²) in [6, 6.07) is 2.64. The number of pyridine rings is 1. The molecule has 0 fully saturated rings. The SMILES string of the molecule is O=c1ccn(CF)cc1. The zero-order valence-electron chi connectivity index (χ0n) is 4.75. The van der Waals surface area contributed by atoms with Crippen molar-refractivity contribution < 1.29 is 4.39 Å². The Bertz CT molecular complexity index is 223. The largest absolute Gasteiger partial charge is 0.326 e. The molecular formula is C6H6FNO. The van der Waals surface area contributed by atoms with E-state index in [2.05, 4.69) is 0 Å². The number of hydrogen-bond acceptors (Lipinski definition) is 1. The molecule has 0 N–H and O–H groups in total. The van der Waals surface area contributed by atoms with Crippen LogP contribution in [0.15, 0.2) is 29.3 Å². The Morgan fingerprint density at radius 2 is 2.00 bits per heavy atom. The third-order valence-corrected chi connectivity index (χ3v) is 0.999. The lowest BCUT2D eigenvalue weighted by Gasteiger charge is -1.94. The molecule has 9 heavy (non-hydrogen) atoms. The molecule has 0 aliphatic carbocycles. The molecule has 1 aromatic heterocycles. The van der Waals surface area contributed by atoms with E-state index >= 15 is 0 Å². The van der Waals surface area contributed by atoms with Gasteiger partial charge in [-0.3, -0.25) is 4.79 Å². The van der Waals surface area contributed by atoms with Crippen molar-refractivity contribution in [2.75, 3.05) is 0 Å². The molecule has 0 aliphatic rings. The monoisotopic (exact) mass is 127 g/mol. The minimum absolute atomic E-state index is 0.0975. The number of alkyl halides is 1. The van der Waals surface area contributed by atoms with Crippen molar-refractivity contribution in [3.63, 3.8) is 0 Å². The van der Waals surface area contributed by atoms with E-state index in [1.807, 2.05) is 0 Å². The standard InChI is InChI=1S/C6H6FNO/c7-5-8-3-1-6(9)2-4-8/h1-4H,5H2. The van der Waals surface area contributed by atoms with Crippen LogP contribution in [0.4, 0.5) is 4.39 Å². The summed E-state index contributed by atoms with van der Waals surface area (Å²) in [7, 11) is 0. The highest BCUT2D eigenvalue weighted by molar-refractivity contribution is 4.92. The fourth-order valence-corrected chi connectivity index (χ4v) is 0.523. The Kier molecular flexibility index (Phi) is 1.63. The minimum Gasteiger partial charge on any atom is -0.326 e. The second-order valence-electron chi connectivity index (χ2n) is 1.67. The first-order valence-corrected chi connectivity index (χ1v) is 2.55. The summed E-state index contributed by atoms with van der Waals surface area (Å²) in [6.07, 6.45) is 2.81. The second-order valence-corrected chi connectivity index (χ2v) is 1.67. The molecule has 0 atom stereocenters. The highest BCUT2D eigenvalue weighted by Crippen LogP contribution is 1.82. The Hall–Kier alpha value is -1.12. The summed E-state index contributed by atoms with van der Waals surface area (Å²) in [6.45, 7) is -0.583. The van der Waals surface area contributed by atoms with Gasteiger partial charge in [0.2, 0.25) is 0 Å². The van der Waals surface area contributed by atoms with Crippen LogP contribution in [0.25, 0.3) is 0 Å². The molecule has 2 nitrogen and oxygen atoms in total. The molecule has 48 valence electrons. The van der Waals surface area contributed by atoms with E-state index in [9.17, 15) is 9.18 Å². The van der Waals surface area contributed by atoms with Gasteiger partial charge >= 0.3 is 0 Å². The number of nitrogens with zero attached hydrogens (tertiary/aromatic N) is 1. The van der Waals surface area contributed by atoms with Crippen LogP contribution < -0.4 is 5.43 Å². The molecule has 1 aromatic rings. The van der Waals surface area contributed by atoms with Gasteiger partial charge < -0.3 is 4.57 Å². The van der Waals surface area contributed by atoms with E-state index in [0.29, 0.717) is 0 Å². The quantitative estimate of drug-likeness (QED) is 0.546. The Balaban J connectivity index is 3.02. The first-order chi connectivity index (χ1) is 4.33. The van der Waals surface area contributed by atoms with Gasteiger partial charge in [-0.2, -0.15) is 0 Å². The maximum absolute atomic E-state index is 11.7.